The van der Waals surface area contributed by atoms with E-state index in [0.29, 0.717) is 17.9 Å². The zero-order valence-corrected chi connectivity index (χ0v) is 19.2. The summed E-state index contributed by atoms with van der Waals surface area (Å²) in [6.07, 6.45) is 13.0. The molecule has 6 heteroatoms. The van der Waals surface area contributed by atoms with Crippen LogP contribution in [0.1, 0.15) is 83.1 Å². The van der Waals surface area contributed by atoms with Gasteiger partial charge in [0.2, 0.25) is 15.9 Å². The predicted molar refractivity (Wildman–Crippen MR) is 121 cm³/mol. The quantitative estimate of drug-likeness (QED) is 0.567. The van der Waals surface area contributed by atoms with Crippen molar-refractivity contribution in [2.45, 2.75) is 94.9 Å². The lowest BCUT2D eigenvalue weighted by Gasteiger charge is -2.27. The summed E-state index contributed by atoms with van der Waals surface area (Å²) in [6, 6.07) is 7.13. The lowest BCUT2D eigenvalue weighted by Crippen LogP contribution is -2.34. The molecule has 0 radical (unpaired) electrons. The Labute approximate surface area is 182 Å². The van der Waals surface area contributed by atoms with Crippen molar-refractivity contribution in [1.29, 1.82) is 0 Å². The number of hydrogen-bond donors (Lipinski definition) is 2. The molecule has 1 aromatic carbocycles. The summed E-state index contributed by atoms with van der Waals surface area (Å²) in [5.41, 5.74) is 1.04. The van der Waals surface area contributed by atoms with E-state index in [1.54, 1.807) is 12.1 Å². The van der Waals surface area contributed by atoms with Crippen LogP contribution < -0.4 is 10.0 Å². The van der Waals surface area contributed by atoms with Crippen LogP contribution in [0.2, 0.25) is 0 Å². The van der Waals surface area contributed by atoms with Crippen LogP contribution in [0.25, 0.3) is 0 Å². The van der Waals surface area contributed by atoms with Crippen molar-refractivity contribution >= 4 is 15.9 Å². The van der Waals surface area contributed by atoms with Crippen LogP contribution in [0.15, 0.2) is 29.2 Å². The highest BCUT2D eigenvalue weighted by atomic mass is 32.2. The SMILES string of the molecule is CCCCC1CCC(C(=O)NCCc2ccc(S(=O)(=O)NC3CCCC3)cc2)CC1. The molecular weight excluding hydrogens is 396 g/mol. The first-order valence-corrected chi connectivity index (χ1v) is 13.3. The van der Waals surface area contributed by atoms with Gasteiger partial charge in [-0.05, 0) is 68.6 Å². The molecule has 5 nitrogen and oxygen atoms in total. The molecule has 0 atom stereocenters. The number of amides is 1. The maximum atomic E-state index is 12.5. The van der Waals surface area contributed by atoms with E-state index in [9.17, 15) is 13.2 Å². The molecule has 0 unspecified atom stereocenters. The van der Waals surface area contributed by atoms with E-state index in [1.165, 1.54) is 32.1 Å². The molecule has 1 aromatic rings. The Balaban J connectivity index is 1.39. The first-order valence-electron chi connectivity index (χ1n) is 11.9. The molecule has 0 aliphatic heterocycles. The lowest BCUT2D eigenvalue weighted by molar-refractivity contribution is -0.126. The van der Waals surface area contributed by atoms with Gasteiger partial charge in [0.05, 0.1) is 4.90 Å². The molecule has 2 fully saturated rings. The second kappa shape index (κ2) is 11.3. The van der Waals surface area contributed by atoms with Gasteiger partial charge in [-0.1, -0.05) is 51.2 Å². The maximum absolute atomic E-state index is 12.5. The molecule has 3 rings (SSSR count). The van der Waals surface area contributed by atoms with Crippen molar-refractivity contribution in [2.24, 2.45) is 11.8 Å². The first-order chi connectivity index (χ1) is 14.5. The fourth-order valence-electron chi connectivity index (χ4n) is 4.85. The van der Waals surface area contributed by atoms with Gasteiger partial charge in [-0.25, -0.2) is 13.1 Å². The minimum absolute atomic E-state index is 0.0756. The van der Waals surface area contributed by atoms with Crippen molar-refractivity contribution in [3.05, 3.63) is 29.8 Å². The van der Waals surface area contributed by atoms with Crippen LogP contribution in [0.4, 0.5) is 0 Å². The van der Waals surface area contributed by atoms with E-state index in [4.69, 9.17) is 0 Å². The van der Waals surface area contributed by atoms with Gasteiger partial charge in [0, 0.05) is 18.5 Å². The summed E-state index contributed by atoms with van der Waals surface area (Å²) in [5.74, 6) is 1.16. The molecule has 0 saturated heterocycles. The van der Waals surface area contributed by atoms with E-state index in [0.717, 1.165) is 50.0 Å². The van der Waals surface area contributed by atoms with Crippen LogP contribution in [-0.2, 0) is 21.2 Å². The maximum Gasteiger partial charge on any atom is 0.240 e. The molecule has 2 aliphatic rings. The zero-order valence-electron chi connectivity index (χ0n) is 18.4. The summed E-state index contributed by atoms with van der Waals surface area (Å²) < 4.78 is 27.8. The summed E-state index contributed by atoms with van der Waals surface area (Å²) in [4.78, 5) is 12.8. The Bertz CT molecular complexity index is 762. The number of hydrogen-bond acceptors (Lipinski definition) is 3. The molecule has 0 aromatic heterocycles. The van der Waals surface area contributed by atoms with E-state index < -0.39 is 10.0 Å². The summed E-state index contributed by atoms with van der Waals surface area (Å²) in [5, 5.41) is 3.08. The molecule has 2 aliphatic carbocycles. The van der Waals surface area contributed by atoms with Crippen molar-refractivity contribution in [3.8, 4) is 0 Å². The number of carbonyl (C=O) groups excluding carboxylic acids is 1. The van der Waals surface area contributed by atoms with Crippen molar-refractivity contribution in [2.75, 3.05) is 6.54 Å². The molecule has 2 saturated carbocycles. The van der Waals surface area contributed by atoms with Crippen molar-refractivity contribution in [1.82, 2.24) is 10.0 Å². The highest BCUT2D eigenvalue weighted by Crippen LogP contribution is 2.32. The molecular formula is C24H38N2O3S. The number of unbranched alkanes of at least 4 members (excludes halogenated alkanes) is 1. The van der Waals surface area contributed by atoms with Crippen molar-refractivity contribution in [3.63, 3.8) is 0 Å². The highest BCUT2D eigenvalue weighted by Gasteiger charge is 2.26. The van der Waals surface area contributed by atoms with Gasteiger partial charge in [0.1, 0.15) is 0 Å². The average Bonchev–Trinajstić information content (AvgIpc) is 3.25. The Morgan fingerprint density at radius 2 is 1.67 bits per heavy atom. The molecule has 168 valence electrons. The standard InChI is InChI=1S/C24H38N2O3S/c1-2-3-6-19-9-13-21(14-10-19)24(27)25-18-17-20-11-15-23(16-12-20)30(28,29)26-22-7-4-5-8-22/h11-12,15-16,19,21-22,26H,2-10,13-14,17-18H2,1H3,(H,25,27). The van der Waals surface area contributed by atoms with Crippen LogP contribution in [0.5, 0.6) is 0 Å². The minimum atomic E-state index is -3.44. The average molecular weight is 435 g/mol. The number of nitrogens with one attached hydrogen (secondary N) is 2. The molecule has 0 bridgehead atoms. The molecule has 0 heterocycles. The van der Waals surface area contributed by atoms with Crippen molar-refractivity contribution < 1.29 is 13.2 Å². The summed E-state index contributed by atoms with van der Waals surface area (Å²) in [7, 11) is -3.44. The van der Waals surface area contributed by atoms with Crippen LogP contribution in [0, 0.1) is 11.8 Å². The Morgan fingerprint density at radius 3 is 2.30 bits per heavy atom. The van der Waals surface area contributed by atoms with E-state index in [-0.39, 0.29) is 17.9 Å². The van der Waals surface area contributed by atoms with E-state index in [1.807, 2.05) is 12.1 Å². The van der Waals surface area contributed by atoms with E-state index >= 15 is 0 Å². The number of sulfonamides is 1. The van der Waals surface area contributed by atoms with Gasteiger partial charge >= 0.3 is 0 Å². The van der Waals surface area contributed by atoms with Gasteiger partial charge in [-0.3, -0.25) is 4.79 Å². The van der Waals surface area contributed by atoms with Crippen LogP contribution in [0.3, 0.4) is 0 Å². The molecule has 2 N–H and O–H groups in total. The van der Waals surface area contributed by atoms with Gasteiger partial charge in [0.15, 0.2) is 0 Å². The molecule has 30 heavy (non-hydrogen) atoms. The minimum Gasteiger partial charge on any atom is -0.356 e. The number of carbonyl (C=O) groups is 1. The fourth-order valence-corrected chi connectivity index (χ4v) is 6.15. The highest BCUT2D eigenvalue weighted by molar-refractivity contribution is 7.89. The third-order valence-corrected chi connectivity index (χ3v) is 8.34. The molecule has 0 spiro atoms. The number of benzene rings is 1. The zero-order chi connectivity index (χ0) is 21.4. The van der Waals surface area contributed by atoms with Gasteiger partial charge in [-0.15, -0.1) is 0 Å². The number of rotatable bonds is 10. The Morgan fingerprint density at radius 1 is 1.00 bits per heavy atom. The predicted octanol–water partition coefficient (Wildman–Crippen LogP) is 4.56. The normalized spacial score (nSPS) is 22.8. The van der Waals surface area contributed by atoms with E-state index in [2.05, 4.69) is 17.0 Å². The smallest absolute Gasteiger partial charge is 0.240 e. The summed E-state index contributed by atoms with van der Waals surface area (Å²) in [6.45, 7) is 2.83. The Hall–Kier alpha value is -1.40. The second-order valence-corrected chi connectivity index (χ2v) is 10.9. The van der Waals surface area contributed by atoms with Crippen LogP contribution >= 0.6 is 0 Å². The largest absolute Gasteiger partial charge is 0.356 e. The van der Waals surface area contributed by atoms with Crippen LogP contribution in [-0.4, -0.2) is 26.9 Å². The molecule has 1 amide bonds. The van der Waals surface area contributed by atoms with Gasteiger partial charge in [-0.2, -0.15) is 0 Å². The fraction of sp³-hybridized carbons (Fsp3) is 0.708. The van der Waals surface area contributed by atoms with Gasteiger partial charge in [0.25, 0.3) is 0 Å². The first kappa shape index (κ1) is 23.3. The Kier molecular flexibility index (Phi) is 8.75. The lowest BCUT2D eigenvalue weighted by atomic mass is 9.79. The topological polar surface area (TPSA) is 75.3 Å². The third-order valence-electron chi connectivity index (χ3n) is 6.81. The third kappa shape index (κ3) is 6.81. The second-order valence-electron chi connectivity index (χ2n) is 9.15. The summed E-state index contributed by atoms with van der Waals surface area (Å²) >= 11 is 0. The van der Waals surface area contributed by atoms with Gasteiger partial charge < -0.3 is 5.32 Å². The monoisotopic (exact) mass is 434 g/mol.